The van der Waals surface area contributed by atoms with E-state index in [4.69, 9.17) is 16.3 Å². The van der Waals surface area contributed by atoms with E-state index in [1.54, 1.807) is 33.6 Å². The number of pyridine rings is 1. The van der Waals surface area contributed by atoms with Crippen molar-refractivity contribution in [2.45, 2.75) is 32.7 Å². The van der Waals surface area contributed by atoms with Crippen LogP contribution in [0.4, 0.5) is 0 Å². The van der Waals surface area contributed by atoms with Crippen molar-refractivity contribution in [1.29, 1.82) is 0 Å². The largest absolute Gasteiger partial charge is 0.493 e. The van der Waals surface area contributed by atoms with Crippen LogP contribution in [-0.2, 0) is 6.54 Å². The van der Waals surface area contributed by atoms with E-state index in [9.17, 15) is 9.90 Å². The Hall–Kier alpha value is -2.57. The molecule has 1 saturated carbocycles. The molecule has 3 aromatic rings. The summed E-state index contributed by atoms with van der Waals surface area (Å²) < 4.78 is 9.25. The Labute approximate surface area is 174 Å². The third-order valence-electron chi connectivity index (χ3n) is 5.37. The third-order valence-corrected chi connectivity index (χ3v) is 5.68. The van der Waals surface area contributed by atoms with Gasteiger partial charge >= 0.3 is 0 Å². The molecule has 1 fully saturated rings. The van der Waals surface area contributed by atoms with Gasteiger partial charge in [0.2, 0.25) is 0 Å². The summed E-state index contributed by atoms with van der Waals surface area (Å²) in [5.41, 5.74) is 2.47. The molecule has 7 heteroatoms. The number of ether oxygens (including phenoxy) is 1. The normalized spacial score (nSPS) is 14.7. The van der Waals surface area contributed by atoms with Gasteiger partial charge in [-0.05, 0) is 43.5 Å². The second-order valence-corrected chi connectivity index (χ2v) is 8.09. The van der Waals surface area contributed by atoms with Gasteiger partial charge < -0.3 is 14.4 Å². The van der Waals surface area contributed by atoms with Gasteiger partial charge in [-0.1, -0.05) is 18.5 Å². The first kappa shape index (κ1) is 19.7. The average Bonchev–Trinajstić information content (AvgIpc) is 3.35. The molecule has 2 aromatic heterocycles. The van der Waals surface area contributed by atoms with Crippen LogP contribution in [-0.4, -0.2) is 32.7 Å². The van der Waals surface area contributed by atoms with Crippen molar-refractivity contribution >= 4 is 11.6 Å². The maximum absolute atomic E-state index is 11.9. The molecule has 1 aliphatic carbocycles. The molecule has 1 aliphatic rings. The smallest absolute Gasteiger partial charge is 0.250 e. The van der Waals surface area contributed by atoms with E-state index in [-0.39, 0.29) is 17.6 Å². The van der Waals surface area contributed by atoms with E-state index in [1.807, 2.05) is 31.5 Å². The van der Waals surface area contributed by atoms with Crippen molar-refractivity contribution in [3.05, 3.63) is 64.3 Å². The van der Waals surface area contributed by atoms with E-state index in [2.05, 4.69) is 5.10 Å². The molecule has 0 saturated heterocycles. The molecule has 0 amide bonds. The predicted octanol–water partition coefficient (Wildman–Crippen LogP) is 3.92. The maximum atomic E-state index is 11.9. The Bertz CT molecular complexity index is 1070. The fourth-order valence-electron chi connectivity index (χ4n) is 3.25. The number of hydrogen-bond donors (Lipinski definition) is 1. The summed E-state index contributed by atoms with van der Waals surface area (Å²) in [5, 5.41) is 14.4. The third kappa shape index (κ3) is 4.23. The zero-order valence-electron chi connectivity index (χ0n) is 16.3. The van der Waals surface area contributed by atoms with Crippen LogP contribution in [0.2, 0.25) is 5.02 Å². The van der Waals surface area contributed by atoms with E-state index in [0.29, 0.717) is 23.9 Å². The lowest BCUT2D eigenvalue weighted by molar-refractivity contribution is 0.146. The number of nitrogens with zero attached hydrogens (tertiary/aromatic N) is 3. The molecule has 152 valence electrons. The Morgan fingerprint density at radius 3 is 2.76 bits per heavy atom. The first-order chi connectivity index (χ1) is 14.0. The second kappa shape index (κ2) is 8.05. The number of aryl methyl sites for hydroxylation is 1. The Kier molecular flexibility index (Phi) is 5.48. The van der Waals surface area contributed by atoms with Gasteiger partial charge in [-0.3, -0.25) is 4.79 Å². The predicted molar refractivity (Wildman–Crippen MR) is 113 cm³/mol. The molecule has 0 spiro atoms. The van der Waals surface area contributed by atoms with Crippen LogP contribution in [0.25, 0.3) is 16.8 Å². The summed E-state index contributed by atoms with van der Waals surface area (Å²) in [6, 6.07) is 8.91. The van der Waals surface area contributed by atoms with Crippen LogP contribution in [0.1, 0.15) is 26.2 Å². The van der Waals surface area contributed by atoms with Crippen LogP contribution in [0.15, 0.2) is 53.7 Å². The molecule has 4 rings (SSSR count). The first-order valence-electron chi connectivity index (χ1n) is 9.83. The highest BCUT2D eigenvalue weighted by atomic mass is 35.5. The van der Waals surface area contributed by atoms with E-state index < -0.39 is 0 Å². The van der Waals surface area contributed by atoms with Crippen LogP contribution in [0, 0.1) is 5.41 Å². The number of halogens is 1. The highest BCUT2D eigenvalue weighted by Crippen LogP contribution is 2.45. The molecule has 1 aromatic carbocycles. The molecule has 1 N–H and O–H groups in total. The zero-order chi connectivity index (χ0) is 20.4. The topological polar surface area (TPSA) is 69.3 Å². The lowest BCUT2D eigenvalue weighted by atomic mass is 10.1. The first-order valence-corrected chi connectivity index (χ1v) is 10.2. The summed E-state index contributed by atoms with van der Waals surface area (Å²) in [6.07, 6.45) is 8.35. The fourth-order valence-corrected chi connectivity index (χ4v) is 3.53. The number of aliphatic hydroxyl groups excluding tert-OH is 1. The number of rotatable bonds is 8. The molecule has 0 atom stereocenters. The Morgan fingerprint density at radius 2 is 2.07 bits per heavy atom. The summed E-state index contributed by atoms with van der Waals surface area (Å²) in [6.45, 7) is 3.37. The SMILES string of the molecule is CCCn1cc(-n2cc(-c3ccc(OCC4(CO)CC4)cc3Cl)cn2)ccc1=O. The minimum absolute atomic E-state index is 0.0178. The summed E-state index contributed by atoms with van der Waals surface area (Å²) in [4.78, 5) is 11.9. The van der Waals surface area contributed by atoms with Crippen molar-refractivity contribution in [3.8, 4) is 22.6 Å². The van der Waals surface area contributed by atoms with Gasteiger partial charge in [-0.25, -0.2) is 4.68 Å². The van der Waals surface area contributed by atoms with Crippen molar-refractivity contribution in [1.82, 2.24) is 14.3 Å². The summed E-state index contributed by atoms with van der Waals surface area (Å²) in [5.74, 6) is 0.692. The van der Waals surface area contributed by atoms with Crippen molar-refractivity contribution < 1.29 is 9.84 Å². The van der Waals surface area contributed by atoms with Crippen molar-refractivity contribution in [3.63, 3.8) is 0 Å². The Morgan fingerprint density at radius 1 is 1.24 bits per heavy atom. The van der Waals surface area contributed by atoms with E-state index in [0.717, 1.165) is 36.1 Å². The number of aliphatic hydroxyl groups is 1. The molecule has 0 unspecified atom stereocenters. The van der Waals surface area contributed by atoms with Crippen LogP contribution in [0.3, 0.4) is 0 Å². The highest BCUT2D eigenvalue weighted by molar-refractivity contribution is 6.33. The van der Waals surface area contributed by atoms with Gasteiger partial charge in [0.05, 0.1) is 30.1 Å². The lowest BCUT2D eigenvalue weighted by Gasteiger charge is -2.14. The zero-order valence-corrected chi connectivity index (χ0v) is 17.1. The average molecular weight is 414 g/mol. The van der Waals surface area contributed by atoms with Gasteiger partial charge in [0.25, 0.3) is 5.56 Å². The number of aromatic nitrogens is 3. The summed E-state index contributed by atoms with van der Waals surface area (Å²) >= 11 is 6.49. The van der Waals surface area contributed by atoms with Crippen molar-refractivity contribution in [2.24, 2.45) is 5.41 Å². The van der Waals surface area contributed by atoms with E-state index in [1.165, 1.54) is 0 Å². The van der Waals surface area contributed by atoms with Crippen molar-refractivity contribution in [2.75, 3.05) is 13.2 Å². The van der Waals surface area contributed by atoms with Gasteiger partial charge in [0, 0.05) is 41.5 Å². The molecular weight excluding hydrogens is 390 g/mol. The molecule has 6 nitrogen and oxygen atoms in total. The highest BCUT2D eigenvalue weighted by Gasteiger charge is 2.42. The molecule has 0 radical (unpaired) electrons. The maximum Gasteiger partial charge on any atom is 0.250 e. The molecule has 2 heterocycles. The minimum Gasteiger partial charge on any atom is -0.493 e. The summed E-state index contributed by atoms with van der Waals surface area (Å²) in [7, 11) is 0. The van der Waals surface area contributed by atoms with E-state index >= 15 is 0 Å². The minimum atomic E-state index is -0.0689. The monoisotopic (exact) mass is 413 g/mol. The fraction of sp³-hybridized carbons (Fsp3) is 0.364. The Balaban J connectivity index is 1.53. The molecular formula is C22H24ClN3O3. The lowest BCUT2D eigenvalue weighted by Crippen LogP contribution is -2.19. The molecule has 29 heavy (non-hydrogen) atoms. The van der Waals surface area contributed by atoms with Gasteiger partial charge in [0.15, 0.2) is 0 Å². The standard InChI is InChI=1S/C22H24ClN3O3/c1-2-9-25-13-17(3-6-21(25)28)26-12-16(11-24-26)19-5-4-18(10-20(19)23)29-15-22(14-27)7-8-22/h3-6,10-13,27H,2,7-9,14-15H2,1H3. The second-order valence-electron chi connectivity index (χ2n) is 7.68. The quantitative estimate of drug-likeness (QED) is 0.607. The van der Waals surface area contributed by atoms with Crippen LogP contribution in [0.5, 0.6) is 5.75 Å². The van der Waals surface area contributed by atoms with Gasteiger partial charge in [0.1, 0.15) is 5.75 Å². The number of hydrogen-bond acceptors (Lipinski definition) is 4. The van der Waals surface area contributed by atoms with Gasteiger partial charge in [-0.15, -0.1) is 0 Å². The molecule has 0 bridgehead atoms. The van der Waals surface area contributed by atoms with Crippen LogP contribution >= 0.6 is 11.6 Å². The molecule has 0 aliphatic heterocycles. The van der Waals surface area contributed by atoms with Gasteiger partial charge in [-0.2, -0.15) is 5.10 Å². The van der Waals surface area contributed by atoms with Crippen LogP contribution < -0.4 is 10.3 Å². The number of benzene rings is 1.